The van der Waals surface area contributed by atoms with Crippen LogP contribution in [0.5, 0.6) is 0 Å². The van der Waals surface area contributed by atoms with Crippen LogP contribution in [0.3, 0.4) is 0 Å². The number of alkyl halides is 1. The number of hydrogen-bond acceptors (Lipinski definition) is 0. The molecule has 0 aliphatic carbocycles. The number of rotatable bonds is 4. The SMILES string of the molecule is CCC(Cc1ccccc1Br)C(C)Cl. The minimum absolute atomic E-state index is 0.243. The van der Waals surface area contributed by atoms with E-state index in [1.54, 1.807) is 0 Å². The second-order valence-electron chi connectivity index (χ2n) is 3.64. The van der Waals surface area contributed by atoms with E-state index in [-0.39, 0.29) is 5.38 Å². The summed E-state index contributed by atoms with van der Waals surface area (Å²) in [4.78, 5) is 0. The highest BCUT2D eigenvalue weighted by atomic mass is 79.9. The predicted octanol–water partition coefficient (Wildman–Crippen LogP) is 4.65. The molecule has 0 heterocycles. The third-order valence-corrected chi connectivity index (χ3v) is 3.74. The van der Waals surface area contributed by atoms with E-state index in [9.17, 15) is 0 Å². The Morgan fingerprint density at radius 2 is 2.00 bits per heavy atom. The maximum absolute atomic E-state index is 6.13. The Morgan fingerprint density at radius 3 is 2.50 bits per heavy atom. The fraction of sp³-hybridized carbons (Fsp3) is 0.500. The summed E-state index contributed by atoms with van der Waals surface area (Å²) in [7, 11) is 0. The maximum atomic E-state index is 6.13. The molecular weight excluding hydrogens is 259 g/mol. The molecule has 0 spiro atoms. The van der Waals surface area contributed by atoms with E-state index in [1.807, 2.05) is 6.07 Å². The topological polar surface area (TPSA) is 0 Å². The second kappa shape index (κ2) is 5.77. The molecular formula is C12H16BrCl. The average molecular weight is 276 g/mol. The molecule has 0 fully saturated rings. The van der Waals surface area contributed by atoms with Gasteiger partial charge in [-0.3, -0.25) is 0 Å². The molecule has 1 aromatic carbocycles. The van der Waals surface area contributed by atoms with Gasteiger partial charge in [-0.1, -0.05) is 47.5 Å². The van der Waals surface area contributed by atoms with Gasteiger partial charge in [0.1, 0.15) is 0 Å². The molecule has 1 rings (SSSR count). The highest BCUT2D eigenvalue weighted by Gasteiger charge is 2.14. The van der Waals surface area contributed by atoms with E-state index in [4.69, 9.17) is 11.6 Å². The molecule has 0 bridgehead atoms. The lowest BCUT2D eigenvalue weighted by Gasteiger charge is -2.17. The molecule has 0 aliphatic heterocycles. The summed E-state index contributed by atoms with van der Waals surface area (Å²) in [6.45, 7) is 4.27. The quantitative estimate of drug-likeness (QED) is 0.702. The van der Waals surface area contributed by atoms with E-state index >= 15 is 0 Å². The van der Waals surface area contributed by atoms with Gasteiger partial charge >= 0.3 is 0 Å². The van der Waals surface area contributed by atoms with Crippen LogP contribution in [0, 0.1) is 5.92 Å². The van der Waals surface area contributed by atoms with Crippen molar-refractivity contribution in [3.05, 3.63) is 34.3 Å². The van der Waals surface area contributed by atoms with Gasteiger partial charge in [-0.2, -0.15) is 0 Å². The Balaban J connectivity index is 2.72. The van der Waals surface area contributed by atoms with E-state index in [2.05, 4.69) is 48.0 Å². The van der Waals surface area contributed by atoms with Crippen molar-refractivity contribution in [1.82, 2.24) is 0 Å². The highest BCUT2D eigenvalue weighted by Crippen LogP contribution is 2.24. The summed E-state index contributed by atoms with van der Waals surface area (Å²) in [6, 6.07) is 8.36. The van der Waals surface area contributed by atoms with Crippen molar-refractivity contribution >= 4 is 27.5 Å². The van der Waals surface area contributed by atoms with E-state index in [0.717, 1.165) is 12.8 Å². The molecule has 0 amide bonds. The molecule has 2 unspecified atom stereocenters. The third-order valence-electron chi connectivity index (χ3n) is 2.61. The van der Waals surface area contributed by atoms with Gasteiger partial charge in [0.05, 0.1) is 0 Å². The fourth-order valence-electron chi connectivity index (χ4n) is 1.58. The molecule has 0 aliphatic rings. The largest absolute Gasteiger partial charge is 0.123 e. The summed E-state index contributed by atoms with van der Waals surface area (Å²) in [5.74, 6) is 0.565. The monoisotopic (exact) mass is 274 g/mol. The summed E-state index contributed by atoms with van der Waals surface area (Å²) in [5.41, 5.74) is 1.35. The lowest BCUT2D eigenvalue weighted by atomic mass is 9.94. The molecule has 78 valence electrons. The van der Waals surface area contributed by atoms with Crippen LogP contribution in [-0.4, -0.2) is 5.38 Å². The van der Waals surface area contributed by atoms with Gasteiger partial charge in [0.15, 0.2) is 0 Å². The minimum atomic E-state index is 0.243. The number of halogens is 2. The molecule has 1 aromatic rings. The first-order valence-corrected chi connectivity index (χ1v) is 6.25. The van der Waals surface area contributed by atoms with Gasteiger partial charge in [-0.25, -0.2) is 0 Å². The Morgan fingerprint density at radius 1 is 1.36 bits per heavy atom. The first-order chi connectivity index (χ1) is 6.65. The van der Waals surface area contributed by atoms with Crippen molar-refractivity contribution in [3.8, 4) is 0 Å². The molecule has 0 radical (unpaired) electrons. The van der Waals surface area contributed by atoms with Crippen LogP contribution in [0.2, 0.25) is 0 Å². The lowest BCUT2D eigenvalue weighted by Crippen LogP contribution is -2.13. The summed E-state index contributed by atoms with van der Waals surface area (Å²) in [5, 5.41) is 0.243. The molecule has 0 nitrogen and oxygen atoms in total. The van der Waals surface area contributed by atoms with Gasteiger partial charge in [-0.15, -0.1) is 11.6 Å². The Bertz CT molecular complexity index is 283. The summed E-state index contributed by atoms with van der Waals surface area (Å²) >= 11 is 9.69. The zero-order valence-corrected chi connectivity index (χ0v) is 11.0. The van der Waals surface area contributed by atoms with Crippen molar-refractivity contribution in [2.24, 2.45) is 5.92 Å². The van der Waals surface area contributed by atoms with Crippen molar-refractivity contribution in [3.63, 3.8) is 0 Å². The Labute approximate surface area is 99.8 Å². The van der Waals surface area contributed by atoms with Crippen LogP contribution in [-0.2, 0) is 6.42 Å². The predicted molar refractivity (Wildman–Crippen MR) is 66.9 cm³/mol. The van der Waals surface area contributed by atoms with Gasteiger partial charge in [0.25, 0.3) is 0 Å². The zero-order chi connectivity index (χ0) is 10.6. The van der Waals surface area contributed by atoms with E-state index in [0.29, 0.717) is 5.92 Å². The van der Waals surface area contributed by atoms with Crippen molar-refractivity contribution in [2.75, 3.05) is 0 Å². The maximum Gasteiger partial charge on any atom is 0.0339 e. The number of hydrogen-bond donors (Lipinski definition) is 0. The first kappa shape index (κ1) is 12.1. The Hall–Kier alpha value is -0.0100. The van der Waals surface area contributed by atoms with Crippen LogP contribution in [0.25, 0.3) is 0 Å². The molecule has 2 heteroatoms. The van der Waals surface area contributed by atoms with Crippen molar-refractivity contribution in [1.29, 1.82) is 0 Å². The van der Waals surface area contributed by atoms with Crippen LogP contribution in [0.15, 0.2) is 28.7 Å². The summed E-state index contributed by atoms with van der Waals surface area (Å²) < 4.78 is 1.19. The van der Waals surface area contributed by atoms with Crippen LogP contribution < -0.4 is 0 Å². The molecule has 2 atom stereocenters. The van der Waals surface area contributed by atoms with E-state index in [1.165, 1.54) is 10.0 Å². The Kier molecular flexibility index (Phi) is 4.97. The standard InChI is InChI=1S/C12H16BrCl/c1-3-10(9(2)14)8-11-6-4-5-7-12(11)13/h4-7,9-10H,3,8H2,1-2H3. The third kappa shape index (κ3) is 3.29. The van der Waals surface area contributed by atoms with E-state index < -0.39 is 0 Å². The smallest absolute Gasteiger partial charge is 0.0339 e. The van der Waals surface area contributed by atoms with Gasteiger partial charge in [0, 0.05) is 9.85 Å². The fourth-order valence-corrected chi connectivity index (χ4v) is 2.29. The van der Waals surface area contributed by atoms with Gasteiger partial charge in [0.2, 0.25) is 0 Å². The lowest BCUT2D eigenvalue weighted by molar-refractivity contribution is 0.496. The first-order valence-electron chi connectivity index (χ1n) is 5.02. The van der Waals surface area contributed by atoms with Crippen molar-refractivity contribution < 1.29 is 0 Å². The summed E-state index contributed by atoms with van der Waals surface area (Å²) in [6.07, 6.45) is 2.19. The molecule has 0 aromatic heterocycles. The van der Waals surface area contributed by atoms with Crippen LogP contribution in [0.4, 0.5) is 0 Å². The van der Waals surface area contributed by atoms with Gasteiger partial charge < -0.3 is 0 Å². The van der Waals surface area contributed by atoms with Crippen LogP contribution >= 0.6 is 27.5 Å². The van der Waals surface area contributed by atoms with Gasteiger partial charge in [-0.05, 0) is 30.9 Å². The molecule has 0 saturated carbocycles. The molecule has 0 N–H and O–H groups in total. The average Bonchev–Trinajstić information content (AvgIpc) is 2.16. The highest BCUT2D eigenvalue weighted by molar-refractivity contribution is 9.10. The second-order valence-corrected chi connectivity index (χ2v) is 5.18. The minimum Gasteiger partial charge on any atom is -0.123 e. The van der Waals surface area contributed by atoms with Crippen LogP contribution in [0.1, 0.15) is 25.8 Å². The molecule has 14 heavy (non-hydrogen) atoms. The number of benzene rings is 1. The van der Waals surface area contributed by atoms with Crippen molar-refractivity contribution in [2.45, 2.75) is 32.1 Å². The zero-order valence-electron chi connectivity index (χ0n) is 8.63. The molecule has 0 saturated heterocycles. The normalized spacial score (nSPS) is 15.1.